The Morgan fingerprint density at radius 1 is 1.33 bits per heavy atom. The lowest BCUT2D eigenvalue weighted by Crippen LogP contribution is -2.40. The maximum atomic E-state index is 12.4. The molecule has 4 heteroatoms. The molecule has 21 heavy (non-hydrogen) atoms. The molecule has 1 aromatic carbocycles. The van der Waals surface area contributed by atoms with Crippen LogP contribution in [0.3, 0.4) is 0 Å². The predicted molar refractivity (Wildman–Crippen MR) is 84.3 cm³/mol. The number of anilines is 1. The van der Waals surface area contributed by atoms with Crippen molar-refractivity contribution in [3.63, 3.8) is 0 Å². The average molecular weight is 288 g/mol. The molecule has 1 aliphatic rings. The van der Waals surface area contributed by atoms with Crippen LogP contribution in [0.5, 0.6) is 0 Å². The van der Waals surface area contributed by atoms with Crippen molar-refractivity contribution in [2.75, 3.05) is 18.0 Å². The molecule has 0 saturated heterocycles. The highest BCUT2D eigenvalue weighted by Crippen LogP contribution is 2.27. The molecule has 1 atom stereocenters. The second-order valence-electron chi connectivity index (χ2n) is 5.64. The molecule has 1 aromatic rings. The molecule has 0 N–H and O–H groups in total. The fraction of sp³-hybridized carbons (Fsp3) is 0.529. The minimum Gasteiger partial charge on any atom is -0.340 e. The van der Waals surface area contributed by atoms with Gasteiger partial charge in [-0.25, -0.2) is 0 Å². The Bertz CT molecular complexity index is 527. The van der Waals surface area contributed by atoms with E-state index < -0.39 is 0 Å². The summed E-state index contributed by atoms with van der Waals surface area (Å²) >= 11 is 0. The van der Waals surface area contributed by atoms with Crippen LogP contribution in [0.4, 0.5) is 5.69 Å². The summed E-state index contributed by atoms with van der Waals surface area (Å²) in [4.78, 5) is 27.8. The van der Waals surface area contributed by atoms with Crippen molar-refractivity contribution >= 4 is 17.5 Å². The molecular formula is C17H24N2O2. The first-order chi connectivity index (χ1) is 10.0. The summed E-state index contributed by atoms with van der Waals surface area (Å²) < 4.78 is 0. The summed E-state index contributed by atoms with van der Waals surface area (Å²) in [5, 5.41) is 0. The zero-order valence-electron chi connectivity index (χ0n) is 13.1. The third-order valence-corrected chi connectivity index (χ3v) is 4.28. The number of amides is 2. The van der Waals surface area contributed by atoms with Crippen molar-refractivity contribution in [3.05, 3.63) is 29.8 Å². The summed E-state index contributed by atoms with van der Waals surface area (Å²) in [7, 11) is 0. The van der Waals surface area contributed by atoms with Gasteiger partial charge < -0.3 is 9.80 Å². The Morgan fingerprint density at radius 2 is 2.05 bits per heavy atom. The summed E-state index contributed by atoms with van der Waals surface area (Å²) in [5.74, 6) is 0.147. The van der Waals surface area contributed by atoms with Crippen LogP contribution in [0.25, 0.3) is 0 Å². The van der Waals surface area contributed by atoms with Gasteiger partial charge in [0, 0.05) is 38.2 Å². The van der Waals surface area contributed by atoms with Crippen LogP contribution in [-0.2, 0) is 16.0 Å². The van der Waals surface area contributed by atoms with Crippen molar-refractivity contribution in [1.29, 1.82) is 0 Å². The van der Waals surface area contributed by atoms with E-state index in [2.05, 4.69) is 13.0 Å². The highest BCUT2D eigenvalue weighted by atomic mass is 16.2. The summed E-state index contributed by atoms with van der Waals surface area (Å²) in [6, 6.07) is 8.22. The standard InChI is InChI=1S/C17H24N2O2/c1-4-13(2)18(14(3)20)12-10-17(21)19-11-9-15-7-5-6-8-16(15)19/h5-8,13H,4,9-12H2,1-3H3. The van der Waals surface area contributed by atoms with Crippen LogP contribution in [0.15, 0.2) is 24.3 Å². The summed E-state index contributed by atoms with van der Waals surface area (Å²) in [5.41, 5.74) is 2.26. The van der Waals surface area contributed by atoms with Crippen LogP contribution >= 0.6 is 0 Å². The SMILES string of the molecule is CCC(C)N(CCC(=O)N1CCc2ccccc21)C(C)=O. The van der Waals surface area contributed by atoms with Gasteiger partial charge in [0.15, 0.2) is 0 Å². The van der Waals surface area contributed by atoms with E-state index in [4.69, 9.17) is 0 Å². The van der Waals surface area contributed by atoms with Gasteiger partial charge in [0.25, 0.3) is 0 Å². The number of hydrogen-bond donors (Lipinski definition) is 0. The fourth-order valence-corrected chi connectivity index (χ4v) is 2.86. The van der Waals surface area contributed by atoms with Gasteiger partial charge in [0.2, 0.25) is 11.8 Å². The van der Waals surface area contributed by atoms with Crippen LogP contribution in [0.1, 0.15) is 39.2 Å². The van der Waals surface area contributed by atoms with Crippen molar-refractivity contribution in [2.45, 2.75) is 46.1 Å². The zero-order chi connectivity index (χ0) is 15.4. The molecule has 1 unspecified atom stereocenters. The Labute approximate surface area is 126 Å². The van der Waals surface area contributed by atoms with Crippen molar-refractivity contribution in [2.24, 2.45) is 0 Å². The van der Waals surface area contributed by atoms with E-state index in [1.165, 1.54) is 5.56 Å². The van der Waals surface area contributed by atoms with Gasteiger partial charge in [0.05, 0.1) is 0 Å². The second-order valence-corrected chi connectivity index (χ2v) is 5.64. The smallest absolute Gasteiger partial charge is 0.228 e. The topological polar surface area (TPSA) is 40.6 Å². The molecule has 0 fully saturated rings. The van der Waals surface area contributed by atoms with Crippen LogP contribution in [0, 0.1) is 0 Å². The lowest BCUT2D eigenvalue weighted by atomic mass is 10.2. The molecule has 0 aromatic heterocycles. The zero-order valence-corrected chi connectivity index (χ0v) is 13.1. The minimum atomic E-state index is 0.0407. The van der Waals surface area contributed by atoms with Gasteiger partial charge in [-0.1, -0.05) is 25.1 Å². The fourth-order valence-electron chi connectivity index (χ4n) is 2.86. The number of benzene rings is 1. The van der Waals surface area contributed by atoms with E-state index in [-0.39, 0.29) is 17.9 Å². The van der Waals surface area contributed by atoms with E-state index in [1.807, 2.05) is 30.0 Å². The molecule has 1 heterocycles. The Hall–Kier alpha value is -1.84. The Morgan fingerprint density at radius 3 is 2.71 bits per heavy atom. The molecule has 114 valence electrons. The van der Waals surface area contributed by atoms with E-state index in [0.717, 1.165) is 25.1 Å². The molecule has 1 aliphatic heterocycles. The van der Waals surface area contributed by atoms with Gasteiger partial charge >= 0.3 is 0 Å². The number of hydrogen-bond acceptors (Lipinski definition) is 2. The van der Waals surface area contributed by atoms with E-state index in [9.17, 15) is 9.59 Å². The average Bonchev–Trinajstić information content (AvgIpc) is 2.90. The normalized spacial score (nSPS) is 14.7. The lowest BCUT2D eigenvalue weighted by molar-refractivity contribution is -0.131. The molecule has 2 rings (SSSR count). The number of para-hydroxylation sites is 1. The van der Waals surface area contributed by atoms with Gasteiger partial charge in [-0.05, 0) is 31.4 Å². The molecule has 0 bridgehead atoms. The molecule has 0 saturated carbocycles. The number of nitrogens with zero attached hydrogens (tertiary/aromatic N) is 2. The maximum absolute atomic E-state index is 12.4. The maximum Gasteiger partial charge on any atom is 0.228 e. The third-order valence-electron chi connectivity index (χ3n) is 4.28. The van der Waals surface area contributed by atoms with E-state index >= 15 is 0 Å². The summed E-state index contributed by atoms with van der Waals surface area (Å²) in [6.45, 7) is 6.90. The first-order valence-electron chi connectivity index (χ1n) is 7.70. The van der Waals surface area contributed by atoms with Crippen LogP contribution < -0.4 is 4.90 Å². The molecule has 2 amide bonds. The number of carbonyl (C=O) groups excluding carboxylic acids is 2. The third kappa shape index (κ3) is 3.43. The van der Waals surface area contributed by atoms with Crippen molar-refractivity contribution in [3.8, 4) is 0 Å². The molecule has 0 radical (unpaired) electrons. The molecule has 4 nitrogen and oxygen atoms in total. The van der Waals surface area contributed by atoms with Gasteiger partial charge in [-0.2, -0.15) is 0 Å². The number of fused-ring (bicyclic) bond motifs is 1. The largest absolute Gasteiger partial charge is 0.340 e. The lowest BCUT2D eigenvalue weighted by Gasteiger charge is -2.28. The Kier molecular flexibility index (Phi) is 4.99. The first kappa shape index (κ1) is 15.5. The molecule has 0 aliphatic carbocycles. The van der Waals surface area contributed by atoms with E-state index in [1.54, 1.807) is 11.8 Å². The van der Waals surface area contributed by atoms with E-state index in [0.29, 0.717) is 13.0 Å². The number of carbonyl (C=O) groups is 2. The first-order valence-corrected chi connectivity index (χ1v) is 7.70. The van der Waals surface area contributed by atoms with Crippen molar-refractivity contribution in [1.82, 2.24) is 4.90 Å². The second kappa shape index (κ2) is 6.74. The predicted octanol–water partition coefficient (Wildman–Crippen LogP) is 2.61. The summed E-state index contributed by atoms with van der Waals surface area (Å²) in [6.07, 6.45) is 2.21. The van der Waals surface area contributed by atoms with Crippen molar-refractivity contribution < 1.29 is 9.59 Å². The molecular weight excluding hydrogens is 264 g/mol. The quantitative estimate of drug-likeness (QED) is 0.835. The molecule has 0 spiro atoms. The van der Waals surface area contributed by atoms with Gasteiger partial charge in [0.1, 0.15) is 0 Å². The van der Waals surface area contributed by atoms with Gasteiger partial charge in [-0.15, -0.1) is 0 Å². The monoisotopic (exact) mass is 288 g/mol. The Balaban J connectivity index is 1.98. The highest BCUT2D eigenvalue weighted by molar-refractivity contribution is 5.95. The van der Waals surface area contributed by atoms with Crippen LogP contribution in [0.2, 0.25) is 0 Å². The highest BCUT2D eigenvalue weighted by Gasteiger charge is 2.25. The number of rotatable bonds is 5. The van der Waals surface area contributed by atoms with Gasteiger partial charge in [-0.3, -0.25) is 9.59 Å². The minimum absolute atomic E-state index is 0.0407. The van der Waals surface area contributed by atoms with Crippen LogP contribution in [-0.4, -0.2) is 35.8 Å².